The highest BCUT2D eigenvalue weighted by molar-refractivity contribution is 5.63. The second-order valence-electron chi connectivity index (χ2n) is 23.6. The van der Waals surface area contributed by atoms with Crippen LogP contribution in [0.2, 0.25) is 0 Å². The number of aryl methyl sites for hydroxylation is 6. The fourth-order valence-electron chi connectivity index (χ4n) is 16.9. The Kier molecular flexibility index (Phi) is 11.9. The molecule has 3 saturated carbocycles. The molecule has 7 aliphatic rings. The minimum atomic E-state index is -0.147. The van der Waals surface area contributed by atoms with E-state index in [1.54, 1.807) is 5.56 Å². The Morgan fingerprint density at radius 2 is 0.971 bits per heavy atom. The van der Waals surface area contributed by atoms with Crippen molar-refractivity contribution in [3.05, 3.63) is 189 Å². The van der Waals surface area contributed by atoms with Gasteiger partial charge in [-0.2, -0.15) is 0 Å². The zero-order valence-electron chi connectivity index (χ0n) is 43.7. The van der Waals surface area contributed by atoms with Crippen LogP contribution in [0.3, 0.4) is 0 Å². The molecule has 0 aromatic heterocycles. The van der Waals surface area contributed by atoms with Crippen LogP contribution < -0.4 is 9.80 Å². The predicted octanol–water partition coefficient (Wildman–Crippen LogP) is 15.8. The predicted molar refractivity (Wildman–Crippen MR) is 293 cm³/mol. The van der Waals surface area contributed by atoms with Gasteiger partial charge in [0.05, 0.1) is 17.6 Å². The minimum absolute atomic E-state index is 0.0307. The van der Waals surface area contributed by atoms with Crippen molar-refractivity contribution in [2.45, 2.75) is 186 Å². The fraction of sp³-hybridized carbons (Fsp3) is 0.485. The first kappa shape index (κ1) is 46.2. The molecule has 0 radical (unpaired) electrons. The molecule has 4 aliphatic heterocycles. The zero-order valence-corrected chi connectivity index (χ0v) is 43.7. The Bertz CT molecular complexity index is 2750. The van der Waals surface area contributed by atoms with Crippen LogP contribution in [-0.2, 0) is 5.54 Å². The maximum Gasteiger partial charge on any atom is 0.111 e. The standard InChI is InChI=1S/C66H80N4/c1-43-21-15-18-32-57(43)67-49(7)60-38-40-66(55-30-16-17-31-55,70(60)63(67)61-44(2)22-19-23-45(61)3)56-35-33-52(42-56)51-34-36-58(48(6)41-51)68-50(8)59-37-39-65(53-26-11-9-12-27-53,54-28-13-10-14-29-54)69(59)64(68)62-46(4)24-20-25-47(62)5/h9,11-12,15,18-27,32,34,36-41,49-50,52,54-56,59-60,63-64H,10,13-14,16-17,28-31,33,35,42H2,1-8H3/t49-,50-,52?,56?,59?,60?,63?,64?,65?,66?/m0/s1. The largest absolute Gasteiger partial charge is 0.347 e. The SMILES string of the molecule is Cc1cc(C2CCC(C3(C4CCCC4)C=CC4[C@H](C)N(c5ccccc5C)C(c5c(C)cccc5C)N43)C2)ccc1N1C(c2c(C)cccc2C)N2C(C=CC2(c2ccccc2)C2CCCCC2)[C@@H]1C. The van der Waals surface area contributed by atoms with Gasteiger partial charge in [0.25, 0.3) is 0 Å². The van der Waals surface area contributed by atoms with Crippen LogP contribution >= 0.6 is 0 Å². The van der Waals surface area contributed by atoms with Crippen LogP contribution in [0, 0.1) is 59.3 Å². The summed E-state index contributed by atoms with van der Waals surface area (Å²) < 4.78 is 0. The van der Waals surface area contributed by atoms with Gasteiger partial charge in [-0.05, 0) is 192 Å². The number of rotatable bonds is 9. The van der Waals surface area contributed by atoms with Crippen molar-refractivity contribution in [1.29, 1.82) is 0 Å². The fourth-order valence-corrected chi connectivity index (χ4v) is 16.9. The second kappa shape index (κ2) is 18.0. The van der Waals surface area contributed by atoms with E-state index in [0.29, 0.717) is 47.8 Å². The summed E-state index contributed by atoms with van der Waals surface area (Å²) >= 11 is 0. The molecule has 4 heterocycles. The highest BCUT2D eigenvalue weighted by Gasteiger charge is 2.63. The topological polar surface area (TPSA) is 13.0 Å². The maximum atomic E-state index is 3.13. The van der Waals surface area contributed by atoms with E-state index in [-0.39, 0.29) is 23.4 Å². The molecule has 0 bridgehead atoms. The van der Waals surface area contributed by atoms with Gasteiger partial charge < -0.3 is 9.80 Å². The third-order valence-electron chi connectivity index (χ3n) is 20.1. The van der Waals surface area contributed by atoms with Crippen molar-refractivity contribution in [3.63, 3.8) is 0 Å². The molecule has 5 aromatic carbocycles. The first-order valence-corrected chi connectivity index (χ1v) is 27.9. The van der Waals surface area contributed by atoms with Crippen LogP contribution in [0.4, 0.5) is 11.4 Å². The second-order valence-corrected chi connectivity index (χ2v) is 23.6. The number of para-hydroxylation sites is 1. The molecule has 3 aliphatic carbocycles. The third kappa shape index (κ3) is 6.95. The molecular formula is C66H80N4. The summed E-state index contributed by atoms with van der Waals surface area (Å²) in [5.74, 6) is 2.43. The molecule has 10 atom stereocenters. The molecule has 2 saturated heterocycles. The number of anilines is 2. The molecule has 8 unspecified atom stereocenters. The highest BCUT2D eigenvalue weighted by atomic mass is 15.5. The number of nitrogens with zero attached hydrogens (tertiary/aromatic N) is 4. The van der Waals surface area contributed by atoms with E-state index >= 15 is 0 Å². The molecular weight excluding hydrogens is 849 g/mol. The van der Waals surface area contributed by atoms with Gasteiger partial charge in [-0.1, -0.05) is 153 Å². The summed E-state index contributed by atoms with van der Waals surface area (Å²) in [5.41, 5.74) is 17.2. The summed E-state index contributed by atoms with van der Waals surface area (Å²) in [4.78, 5) is 11.9. The molecule has 4 heteroatoms. The van der Waals surface area contributed by atoms with Gasteiger partial charge in [0, 0.05) is 29.0 Å². The van der Waals surface area contributed by atoms with Crippen LogP contribution in [0.5, 0.6) is 0 Å². The summed E-state index contributed by atoms with van der Waals surface area (Å²) in [6, 6.07) is 44.1. The zero-order chi connectivity index (χ0) is 48.1. The number of fused-ring (bicyclic) bond motifs is 2. The van der Waals surface area contributed by atoms with Crippen LogP contribution in [0.15, 0.2) is 133 Å². The van der Waals surface area contributed by atoms with Crippen LogP contribution in [-0.4, -0.2) is 39.5 Å². The molecule has 364 valence electrons. The molecule has 0 N–H and O–H groups in total. The number of hydrogen-bond acceptors (Lipinski definition) is 4. The van der Waals surface area contributed by atoms with Gasteiger partial charge in [0.2, 0.25) is 0 Å². The van der Waals surface area contributed by atoms with Crippen LogP contribution in [0.25, 0.3) is 0 Å². The van der Waals surface area contributed by atoms with Gasteiger partial charge in [-0.15, -0.1) is 0 Å². The molecule has 0 amide bonds. The molecule has 0 spiro atoms. The average Bonchev–Trinajstić information content (AvgIpc) is 4.24. The average molecular weight is 929 g/mol. The summed E-state index contributed by atoms with van der Waals surface area (Å²) in [6.07, 6.45) is 26.9. The van der Waals surface area contributed by atoms with E-state index in [2.05, 4.69) is 208 Å². The van der Waals surface area contributed by atoms with Gasteiger partial charge in [-0.25, -0.2) is 0 Å². The van der Waals surface area contributed by atoms with E-state index in [0.717, 1.165) is 0 Å². The molecule has 4 nitrogen and oxygen atoms in total. The molecule has 5 aromatic rings. The first-order valence-electron chi connectivity index (χ1n) is 27.9. The smallest absolute Gasteiger partial charge is 0.111 e. The van der Waals surface area contributed by atoms with Gasteiger partial charge in [-0.3, -0.25) is 9.80 Å². The monoisotopic (exact) mass is 929 g/mol. The van der Waals surface area contributed by atoms with Gasteiger partial charge in [0.15, 0.2) is 0 Å². The number of benzene rings is 5. The Balaban J connectivity index is 0.914. The Labute approximate surface area is 421 Å². The van der Waals surface area contributed by atoms with E-state index in [1.165, 1.54) is 138 Å². The van der Waals surface area contributed by atoms with E-state index in [9.17, 15) is 0 Å². The Morgan fingerprint density at radius 3 is 1.60 bits per heavy atom. The Morgan fingerprint density at radius 1 is 0.443 bits per heavy atom. The van der Waals surface area contributed by atoms with Crippen molar-refractivity contribution >= 4 is 11.4 Å². The maximum absolute atomic E-state index is 3.13. The van der Waals surface area contributed by atoms with Crippen molar-refractivity contribution in [2.24, 2.45) is 17.8 Å². The summed E-state index contributed by atoms with van der Waals surface area (Å²) in [6.45, 7) is 19.3. The van der Waals surface area contributed by atoms with Gasteiger partial charge >= 0.3 is 0 Å². The molecule has 12 rings (SSSR count). The lowest BCUT2D eigenvalue weighted by molar-refractivity contribution is 0.00824. The van der Waals surface area contributed by atoms with Crippen molar-refractivity contribution in [3.8, 4) is 0 Å². The number of hydrogen-bond donors (Lipinski definition) is 0. The Hall–Kier alpha value is -4.90. The van der Waals surface area contributed by atoms with Crippen molar-refractivity contribution < 1.29 is 0 Å². The third-order valence-corrected chi connectivity index (χ3v) is 20.1. The molecule has 5 fully saturated rings. The summed E-state index contributed by atoms with van der Waals surface area (Å²) in [5, 5.41) is 0. The van der Waals surface area contributed by atoms with Crippen LogP contribution in [0.1, 0.15) is 165 Å². The van der Waals surface area contributed by atoms with Crippen molar-refractivity contribution in [1.82, 2.24) is 9.80 Å². The minimum Gasteiger partial charge on any atom is -0.347 e. The molecule has 70 heavy (non-hydrogen) atoms. The lowest BCUT2D eigenvalue weighted by Crippen LogP contribution is -2.56. The van der Waals surface area contributed by atoms with E-state index in [1.807, 2.05) is 0 Å². The highest BCUT2D eigenvalue weighted by Crippen LogP contribution is 2.62. The van der Waals surface area contributed by atoms with E-state index in [4.69, 9.17) is 0 Å². The lowest BCUT2D eigenvalue weighted by Gasteiger charge is -2.51. The van der Waals surface area contributed by atoms with E-state index < -0.39 is 0 Å². The van der Waals surface area contributed by atoms with Crippen molar-refractivity contribution in [2.75, 3.05) is 9.80 Å². The summed E-state index contributed by atoms with van der Waals surface area (Å²) in [7, 11) is 0. The lowest BCUT2D eigenvalue weighted by atomic mass is 9.70. The van der Waals surface area contributed by atoms with Gasteiger partial charge in [0.1, 0.15) is 12.3 Å². The normalized spacial score (nSPS) is 32.5. The quantitative estimate of drug-likeness (QED) is 0.137. The first-order chi connectivity index (χ1) is 34.0.